The predicted molar refractivity (Wildman–Crippen MR) is 74.1 cm³/mol. The van der Waals surface area contributed by atoms with E-state index in [0.717, 1.165) is 0 Å². The Morgan fingerprint density at radius 2 is 1.86 bits per heavy atom. The third-order valence-corrected chi connectivity index (χ3v) is 3.87. The molecule has 1 aromatic carbocycles. The zero-order valence-electron chi connectivity index (χ0n) is 12.1. The number of nitrogens with zero attached hydrogens (tertiary/aromatic N) is 1. The molecule has 118 valence electrons. The zero-order chi connectivity index (χ0) is 16.4. The minimum Gasteiger partial charge on any atom is -0.342 e. The number of benzene rings is 1. The van der Waals surface area contributed by atoms with Gasteiger partial charge in [-0.3, -0.25) is 4.79 Å². The molecule has 1 rings (SSSR count). The molecule has 0 bridgehead atoms. The summed E-state index contributed by atoms with van der Waals surface area (Å²) in [5.74, 6) is -2.82. The highest BCUT2D eigenvalue weighted by molar-refractivity contribution is 7.89. The van der Waals surface area contributed by atoms with Crippen LogP contribution in [0, 0.1) is 17.6 Å². The van der Waals surface area contributed by atoms with Gasteiger partial charge in [-0.1, -0.05) is 13.8 Å². The van der Waals surface area contributed by atoms with Gasteiger partial charge in [0.05, 0.1) is 5.56 Å². The first-order chi connectivity index (χ1) is 9.54. The highest BCUT2D eigenvalue weighted by Crippen LogP contribution is 2.20. The van der Waals surface area contributed by atoms with Crippen LogP contribution in [0.4, 0.5) is 8.78 Å². The van der Waals surface area contributed by atoms with Crippen molar-refractivity contribution in [2.75, 3.05) is 13.6 Å². The van der Waals surface area contributed by atoms with Crippen LogP contribution in [-0.4, -0.2) is 32.8 Å². The number of rotatable bonds is 5. The fourth-order valence-electron chi connectivity index (χ4n) is 1.67. The van der Waals surface area contributed by atoms with Gasteiger partial charge in [-0.05, 0) is 18.4 Å². The number of carbonyl (C=O) groups is 1. The third-order valence-electron chi connectivity index (χ3n) is 2.95. The van der Waals surface area contributed by atoms with Crippen LogP contribution in [0.5, 0.6) is 0 Å². The fourth-order valence-corrected chi connectivity index (χ4v) is 2.28. The van der Waals surface area contributed by atoms with E-state index in [9.17, 15) is 22.0 Å². The van der Waals surface area contributed by atoms with E-state index >= 15 is 0 Å². The SMILES string of the molecule is CC(C)CCN(C)C(=O)c1cc(S(N)(=O)=O)c(F)cc1F. The molecule has 0 fully saturated rings. The molecule has 0 saturated carbocycles. The molecule has 0 unspecified atom stereocenters. The number of hydrogen-bond acceptors (Lipinski definition) is 3. The highest BCUT2D eigenvalue weighted by Gasteiger charge is 2.23. The van der Waals surface area contributed by atoms with E-state index in [1.807, 2.05) is 13.8 Å². The predicted octanol–water partition coefficient (Wildman–Crippen LogP) is 1.73. The second-order valence-corrected chi connectivity index (χ2v) is 6.75. The van der Waals surface area contributed by atoms with Gasteiger partial charge in [0.2, 0.25) is 10.0 Å². The number of halogens is 2. The van der Waals surface area contributed by atoms with E-state index in [1.165, 1.54) is 11.9 Å². The lowest BCUT2D eigenvalue weighted by Crippen LogP contribution is -2.29. The van der Waals surface area contributed by atoms with Crippen molar-refractivity contribution < 1.29 is 22.0 Å². The summed E-state index contributed by atoms with van der Waals surface area (Å²) in [4.78, 5) is 12.5. The van der Waals surface area contributed by atoms with Gasteiger partial charge < -0.3 is 4.90 Å². The topological polar surface area (TPSA) is 80.5 Å². The molecule has 0 aliphatic heterocycles. The van der Waals surface area contributed by atoms with E-state index in [1.54, 1.807) is 0 Å². The summed E-state index contributed by atoms with van der Waals surface area (Å²) in [5.41, 5.74) is -0.522. The van der Waals surface area contributed by atoms with Crippen molar-refractivity contribution in [1.82, 2.24) is 4.90 Å². The largest absolute Gasteiger partial charge is 0.342 e. The van der Waals surface area contributed by atoms with Crippen LogP contribution in [0.15, 0.2) is 17.0 Å². The van der Waals surface area contributed by atoms with Crippen LogP contribution in [0.2, 0.25) is 0 Å². The van der Waals surface area contributed by atoms with Crippen molar-refractivity contribution in [3.8, 4) is 0 Å². The van der Waals surface area contributed by atoms with Crippen LogP contribution < -0.4 is 5.14 Å². The molecule has 0 aliphatic rings. The van der Waals surface area contributed by atoms with E-state index in [0.29, 0.717) is 31.0 Å². The number of amides is 1. The Balaban J connectivity index is 3.16. The van der Waals surface area contributed by atoms with E-state index < -0.39 is 38.0 Å². The van der Waals surface area contributed by atoms with Gasteiger partial charge in [-0.25, -0.2) is 22.3 Å². The molecule has 1 amide bonds. The molecular formula is C13H18F2N2O3S. The molecule has 0 heterocycles. The van der Waals surface area contributed by atoms with Gasteiger partial charge in [0.25, 0.3) is 5.91 Å². The van der Waals surface area contributed by atoms with Crippen molar-refractivity contribution in [3.63, 3.8) is 0 Å². The summed E-state index contributed by atoms with van der Waals surface area (Å²) in [6.45, 7) is 4.31. The van der Waals surface area contributed by atoms with Crippen LogP contribution in [0.25, 0.3) is 0 Å². The van der Waals surface area contributed by atoms with Crippen LogP contribution in [0.1, 0.15) is 30.6 Å². The van der Waals surface area contributed by atoms with Gasteiger partial charge in [0, 0.05) is 19.7 Å². The summed E-state index contributed by atoms with van der Waals surface area (Å²) >= 11 is 0. The quantitative estimate of drug-likeness (QED) is 0.897. The number of primary sulfonamides is 1. The molecule has 0 spiro atoms. The van der Waals surface area contributed by atoms with Crippen LogP contribution in [0.3, 0.4) is 0 Å². The lowest BCUT2D eigenvalue weighted by Gasteiger charge is -2.19. The number of nitrogens with two attached hydrogens (primary N) is 1. The minimum atomic E-state index is -4.37. The second-order valence-electron chi connectivity index (χ2n) is 5.22. The average molecular weight is 320 g/mol. The first-order valence-corrected chi connectivity index (χ1v) is 7.86. The lowest BCUT2D eigenvalue weighted by molar-refractivity contribution is 0.0784. The Kier molecular flexibility index (Phi) is 5.41. The standard InChI is InChI=1S/C13H18F2N2O3S/c1-8(2)4-5-17(3)13(18)9-6-12(21(16,19)20)11(15)7-10(9)14/h6-8H,4-5H2,1-3H3,(H2,16,19,20). The van der Waals surface area contributed by atoms with Crippen molar-refractivity contribution in [3.05, 3.63) is 29.3 Å². The smallest absolute Gasteiger partial charge is 0.256 e. The summed E-state index contributed by atoms with van der Waals surface area (Å²) in [5, 5.41) is 4.84. The molecule has 5 nitrogen and oxygen atoms in total. The summed E-state index contributed by atoms with van der Waals surface area (Å²) in [7, 11) is -2.91. The Hall–Kier alpha value is -1.54. The van der Waals surface area contributed by atoms with Crippen molar-refractivity contribution in [2.45, 2.75) is 25.2 Å². The fraction of sp³-hybridized carbons (Fsp3) is 0.462. The number of hydrogen-bond donors (Lipinski definition) is 1. The van der Waals surface area contributed by atoms with Gasteiger partial charge in [-0.15, -0.1) is 0 Å². The molecule has 0 aliphatic carbocycles. The molecule has 0 saturated heterocycles. The number of sulfonamides is 1. The molecular weight excluding hydrogens is 302 g/mol. The Morgan fingerprint density at radius 3 is 2.33 bits per heavy atom. The Labute approximate surface area is 122 Å². The first kappa shape index (κ1) is 17.5. The molecule has 21 heavy (non-hydrogen) atoms. The van der Waals surface area contributed by atoms with Crippen LogP contribution >= 0.6 is 0 Å². The second kappa shape index (κ2) is 6.48. The van der Waals surface area contributed by atoms with Gasteiger partial charge in [0.15, 0.2) is 0 Å². The Bertz CT molecular complexity index is 645. The summed E-state index contributed by atoms with van der Waals surface area (Å²) in [6, 6.07) is 0.984. The van der Waals surface area contributed by atoms with E-state index in [4.69, 9.17) is 5.14 Å². The first-order valence-electron chi connectivity index (χ1n) is 6.31. The van der Waals surface area contributed by atoms with E-state index in [2.05, 4.69) is 0 Å². The molecule has 0 radical (unpaired) electrons. The van der Waals surface area contributed by atoms with Crippen molar-refractivity contribution in [1.29, 1.82) is 0 Å². The maximum absolute atomic E-state index is 13.7. The van der Waals surface area contributed by atoms with Gasteiger partial charge in [0.1, 0.15) is 16.5 Å². The maximum atomic E-state index is 13.7. The Morgan fingerprint density at radius 1 is 1.29 bits per heavy atom. The van der Waals surface area contributed by atoms with Crippen molar-refractivity contribution in [2.24, 2.45) is 11.1 Å². The maximum Gasteiger partial charge on any atom is 0.256 e. The summed E-state index contributed by atoms with van der Waals surface area (Å²) < 4.78 is 49.6. The monoisotopic (exact) mass is 320 g/mol. The molecule has 0 aromatic heterocycles. The number of carbonyl (C=O) groups excluding carboxylic acids is 1. The molecule has 8 heteroatoms. The average Bonchev–Trinajstić information content (AvgIpc) is 2.33. The third kappa shape index (κ3) is 4.47. The molecule has 0 atom stereocenters. The van der Waals surface area contributed by atoms with Gasteiger partial charge >= 0.3 is 0 Å². The lowest BCUT2D eigenvalue weighted by atomic mass is 10.1. The molecule has 1 aromatic rings. The minimum absolute atomic E-state index is 0.346. The van der Waals surface area contributed by atoms with Crippen molar-refractivity contribution >= 4 is 15.9 Å². The summed E-state index contributed by atoms with van der Waals surface area (Å²) in [6.07, 6.45) is 0.701. The highest BCUT2D eigenvalue weighted by atomic mass is 32.2. The van der Waals surface area contributed by atoms with Gasteiger partial charge in [-0.2, -0.15) is 0 Å². The van der Waals surface area contributed by atoms with E-state index in [-0.39, 0.29) is 0 Å². The van der Waals surface area contributed by atoms with Crippen LogP contribution in [-0.2, 0) is 10.0 Å². The normalized spacial score (nSPS) is 11.8. The molecule has 2 N–H and O–H groups in total. The zero-order valence-corrected chi connectivity index (χ0v) is 12.9.